The molecule has 3 saturated heterocycles. The number of amides is 7. The number of rotatable bonds is 8. The van der Waals surface area contributed by atoms with Gasteiger partial charge in [-0.3, -0.25) is 24.0 Å². The molecule has 17 heteroatoms. The van der Waals surface area contributed by atoms with E-state index in [4.69, 9.17) is 4.74 Å². The lowest BCUT2D eigenvalue weighted by Gasteiger charge is -2.37. The summed E-state index contributed by atoms with van der Waals surface area (Å²) in [6.45, 7) is 10.5. The van der Waals surface area contributed by atoms with Crippen molar-refractivity contribution in [3.63, 3.8) is 0 Å². The molecule has 8 atom stereocenters. The highest BCUT2D eigenvalue weighted by Gasteiger charge is 2.46. The van der Waals surface area contributed by atoms with Crippen LogP contribution in [0.4, 0.5) is 19.3 Å². The molecule has 3 heterocycles. The van der Waals surface area contributed by atoms with E-state index in [0.29, 0.717) is 24.6 Å². The van der Waals surface area contributed by atoms with Gasteiger partial charge in [0.05, 0.1) is 0 Å². The number of nitrogens with one attached hydrogen (secondary N) is 4. The molecule has 3 aliphatic heterocycles. The maximum absolute atomic E-state index is 14.7. The lowest BCUT2D eigenvalue weighted by Crippen LogP contribution is -2.62. The third-order valence-corrected chi connectivity index (χ3v) is 10.8. The molecule has 314 valence electrons. The average molecular weight is 810 g/mol. The van der Waals surface area contributed by atoms with Gasteiger partial charge in [-0.05, 0) is 89.1 Å². The van der Waals surface area contributed by atoms with E-state index < -0.39 is 102 Å². The molecule has 0 unspecified atom stereocenters. The Balaban J connectivity index is 1.51. The second kappa shape index (κ2) is 18.8. The number of urea groups is 1. The molecule has 7 amide bonds. The van der Waals surface area contributed by atoms with E-state index in [1.165, 1.54) is 28.5 Å². The number of cyclic esters (lactones) is 1. The minimum atomic E-state index is -1.63. The Labute approximate surface area is 336 Å². The first-order valence-electron chi connectivity index (χ1n) is 19.8. The summed E-state index contributed by atoms with van der Waals surface area (Å²) in [5.41, 5.74) is 1.34. The van der Waals surface area contributed by atoms with E-state index >= 15 is 0 Å². The predicted molar refractivity (Wildman–Crippen MR) is 208 cm³/mol. The molecule has 2 aromatic carbocycles. The summed E-state index contributed by atoms with van der Waals surface area (Å²) in [5, 5.41) is 10.5. The molecule has 4 N–H and O–H groups in total. The van der Waals surface area contributed by atoms with Crippen LogP contribution in [0.1, 0.15) is 71.4 Å². The van der Waals surface area contributed by atoms with Crippen LogP contribution >= 0.6 is 0 Å². The zero-order valence-electron chi connectivity index (χ0n) is 33.7. The zero-order valence-corrected chi connectivity index (χ0v) is 33.7. The third kappa shape index (κ3) is 10.3. The van der Waals surface area contributed by atoms with Crippen molar-refractivity contribution in [3.05, 3.63) is 65.2 Å². The van der Waals surface area contributed by atoms with E-state index in [1.54, 1.807) is 31.2 Å². The highest BCUT2D eigenvalue weighted by molar-refractivity contribution is 5.98. The maximum atomic E-state index is 14.7. The van der Waals surface area contributed by atoms with E-state index in [1.807, 2.05) is 20.8 Å². The fourth-order valence-corrected chi connectivity index (χ4v) is 7.79. The largest absolute Gasteiger partial charge is 0.458 e. The first-order chi connectivity index (χ1) is 27.5. The van der Waals surface area contributed by atoms with E-state index in [9.17, 15) is 42.3 Å². The third-order valence-electron chi connectivity index (χ3n) is 10.8. The summed E-state index contributed by atoms with van der Waals surface area (Å²) in [7, 11) is 0. The van der Waals surface area contributed by atoms with Crippen LogP contribution in [0.15, 0.2) is 42.5 Å². The van der Waals surface area contributed by atoms with E-state index in [2.05, 4.69) is 21.3 Å². The summed E-state index contributed by atoms with van der Waals surface area (Å²) in [5.74, 6) is -6.15. The Morgan fingerprint density at radius 1 is 0.914 bits per heavy atom. The van der Waals surface area contributed by atoms with Crippen LogP contribution in [0.5, 0.6) is 0 Å². The van der Waals surface area contributed by atoms with Gasteiger partial charge in [0.1, 0.15) is 54.0 Å². The van der Waals surface area contributed by atoms with Gasteiger partial charge in [-0.25, -0.2) is 18.4 Å². The molecule has 0 aromatic heterocycles. The van der Waals surface area contributed by atoms with Crippen molar-refractivity contribution in [2.45, 2.75) is 116 Å². The fraction of sp³-hybridized carbons (Fsp3) is 0.537. The molecule has 58 heavy (non-hydrogen) atoms. The van der Waals surface area contributed by atoms with Gasteiger partial charge in [-0.2, -0.15) is 0 Å². The number of benzene rings is 2. The van der Waals surface area contributed by atoms with Crippen LogP contribution in [-0.4, -0.2) is 118 Å². The first kappa shape index (κ1) is 43.5. The molecule has 0 saturated carbocycles. The number of nitrogens with zero attached hydrogens (tertiary/aromatic N) is 3. The molecular weight excluding hydrogens is 756 g/mol. The van der Waals surface area contributed by atoms with E-state index in [-0.39, 0.29) is 44.0 Å². The van der Waals surface area contributed by atoms with Crippen LogP contribution in [0.2, 0.25) is 0 Å². The highest BCUT2D eigenvalue weighted by Crippen LogP contribution is 2.27. The van der Waals surface area contributed by atoms with E-state index in [0.717, 1.165) is 17.7 Å². The van der Waals surface area contributed by atoms with Crippen molar-refractivity contribution in [3.8, 4) is 0 Å². The lowest BCUT2D eigenvalue weighted by atomic mass is 10.0. The molecule has 15 nitrogen and oxygen atoms in total. The minimum Gasteiger partial charge on any atom is -0.458 e. The zero-order chi connectivity index (χ0) is 42.4. The lowest BCUT2D eigenvalue weighted by molar-refractivity contribution is -0.163. The molecule has 2 aromatic rings. The Morgan fingerprint density at radius 2 is 1.59 bits per heavy atom. The topological polar surface area (TPSA) is 187 Å². The molecule has 0 aliphatic carbocycles. The summed E-state index contributed by atoms with van der Waals surface area (Å²) in [6, 6.07) is 1.30. The Bertz CT molecular complexity index is 1880. The molecular formula is C41H53F2N7O8. The van der Waals surface area contributed by atoms with Gasteiger partial charge in [-0.1, -0.05) is 31.5 Å². The van der Waals surface area contributed by atoms with Crippen molar-refractivity contribution >= 4 is 47.2 Å². The second-order valence-electron chi connectivity index (χ2n) is 15.6. The standard InChI is InChI=1S/C41H53F2N7O8/c1-7-14-48-25(5)35(51)44-24(4)37(53)50-21-23(3)16-33(50)40(56)58-26(6)34(39(55)49-15-8-9-32(49)38(48)54)47-36(52)31(19-27-17-28(42)20-29(43)18-27)46-41(57)45-30-12-10-22(2)11-13-30/h10-13,17-18,20,23-26,31-34H,7-9,14-16,19,21H2,1-6H3,(H,44,51)(H,47,52)(H2,45,46,57)/t23-,24+,25+,26+,31+,32+,33+,34+/m1/s1. The highest BCUT2D eigenvalue weighted by atomic mass is 19.1. The molecule has 0 radical (unpaired) electrons. The van der Waals surface area contributed by atoms with Gasteiger partial charge in [0.15, 0.2) is 0 Å². The Hall–Kier alpha value is -5.61. The van der Waals surface area contributed by atoms with Gasteiger partial charge in [0, 0.05) is 37.8 Å². The number of aryl methyl sites for hydroxylation is 1. The minimum absolute atomic E-state index is 0.0193. The summed E-state index contributed by atoms with van der Waals surface area (Å²) >= 11 is 0. The number of fused-ring (bicyclic) bond motifs is 2. The van der Waals surface area contributed by atoms with Gasteiger partial charge < -0.3 is 40.7 Å². The molecule has 3 aliphatic rings. The monoisotopic (exact) mass is 809 g/mol. The number of carbonyl (C=O) groups excluding carboxylic acids is 7. The van der Waals surface area contributed by atoms with Gasteiger partial charge in [0.2, 0.25) is 29.5 Å². The fourth-order valence-electron chi connectivity index (χ4n) is 7.79. The summed E-state index contributed by atoms with van der Waals surface area (Å²) in [4.78, 5) is 102. The Kier molecular flexibility index (Phi) is 14.1. The SMILES string of the molecule is CCCN1C(=O)[C@@H]2CCCN2C(=O)[C@@H](NC(=O)[C@H](Cc2cc(F)cc(F)c2)NC(=O)Nc2ccc(C)cc2)[C@H](C)OC(=O)[C@@H]2C[C@@H](C)CN2C(=O)[C@H](C)NC(=O)[C@@H]1C. The van der Waals surface area contributed by atoms with Crippen molar-refractivity contribution in [1.82, 2.24) is 30.7 Å². The second-order valence-corrected chi connectivity index (χ2v) is 15.6. The van der Waals surface area contributed by atoms with Crippen LogP contribution in [0, 0.1) is 24.5 Å². The van der Waals surface area contributed by atoms with Crippen molar-refractivity contribution < 1.29 is 47.1 Å². The van der Waals surface area contributed by atoms with Crippen molar-refractivity contribution in [1.29, 1.82) is 0 Å². The van der Waals surface area contributed by atoms with Crippen molar-refractivity contribution in [2.75, 3.05) is 25.0 Å². The first-order valence-corrected chi connectivity index (χ1v) is 19.8. The van der Waals surface area contributed by atoms with Gasteiger partial charge >= 0.3 is 12.0 Å². The van der Waals surface area contributed by atoms with Crippen LogP contribution in [-0.2, 0) is 39.9 Å². The van der Waals surface area contributed by atoms with Crippen LogP contribution < -0.4 is 21.3 Å². The number of halogens is 2. The molecule has 0 spiro atoms. The number of hydrogen-bond donors (Lipinski definition) is 4. The number of ether oxygens (including phenoxy) is 1. The number of carbonyl (C=O) groups is 7. The quantitative estimate of drug-likeness (QED) is 0.293. The average Bonchev–Trinajstić information content (AvgIpc) is 3.82. The predicted octanol–water partition coefficient (Wildman–Crippen LogP) is 2.80. The van der Waals surface area contributed by atoms with Crippen LogP contribution in [0.25, 0.3) is 0 Å². The van der Waals surface area contributed by atoms with Crippen molar-refractivity contribution in [2.24, 2.45) is 5.92 Å². The van der Waals surface area contributed by atoms with Crippen LogP contribution in [0.3, 0.4) is 0 Å². The Morgan fingerprint density at radius 3 is 2.24 bits per heavy atom. The molecule has 5 rings (SSSR count). The number of anilines is 1. The number of esters is 1. The molecule has 3 fully saturated rings. The van der Waals surface area contributed by atoms with Gasteiger partial charge in [-0.15, -0.1) is 0 Å². The smallest absolute Gasteiger partial charge is 0.329 e. The summed E-state index contributed by atoms with van der Waals surface area (Å²) in [6.07, 6.45) is -0.420. The number of hydrogen-bond acceptors (Lipinski definition) is 8. The maximum Gasteiger partial charge on any atom is 0.329 e. The van der Waals surface area contributed by atoms with Gasteiger partial charge in [0.25, 0.3) is 0 Å². The molecule has 0 bridgehead atoms. The summed E-state index contributed by atoms with van der Waals surface area (Å²) < 4.78 is 34.5. The normalized spacial score (nSPS) is 26.4.